The number of hydrogen-bond donors (Lipinski definition) is 1. The summed E-state index contributed by atoms with van der Waals surface area (Å²) in [7, 11) is 0. The van der Waals surface area contributed by atoms with Gasteiger partial charge in [-0.05, 0) is 67.3 Å². The predicted octanol–water partition coefficient (Wildman–Crippen LogP) is 5.14. The number of nitrogens with zero attached hydrogens (tertiary/aromatic N) is 1. The average molecular weight is 388 g/mol. The third-order valence-electron chi connectivity index (χ3n) is 8.92. The maximum absolute atomic E-state index is 12.0. The summed E-state index contributed by atoms with van der Waals surface area (Å²) >= 11 is 6.49. The van der Waals surface area contributed by atoms with Gasteiger partial charge in [-0.25, -0.2) is 0 Å². The Bertz CT molecular complexity index is 780. The van der Waals surface area contributed by atoms with E-state index in [1.165, 1.54) is 5.57 Å². The number of carbonyl (C=O) groups is 1. The van der Waals surface area contributed by atoms with Gasteiger partial charge in [0, 0.05) is 16.9 Å². The van der Waals surface area contributed by atoms with Crippen LogP contribution in [0, 0.1) is 45.8 Å². The molecule has 4 aliphatic rings. The highest BCUT2D eigenvalue weighted by Crippen LogP contribution is 2.67. The van der Waals surface area contributed by atoms with Crippen molar-refractivity contribution in [2.75, 3.05) is 0 Å². The summed E-state index contributed by atoms with van der Waals surface area (Å²) in [5, 5.41) is 21.4. The second kappa shape index (κ2) is 6.19. The quantitative estimate of drug-likeness (QED) is 0.677. The maximum Gasteiger partial charge on any atom is 0.155 e. The topological polar surface area (TPSA) is 61.1 Å². The molecule has 3 nitrogen and oxygen atoms in total. The molecule has 2 saturated carbocycles. The van der Waals surface area contributed by atoms with Crippen molar-refractivity contribution in [1.29, 1.82) is 5.26 Å². The van der Waals surface area contributed by atoms with Crippen molar-refractivity contribution in [2.45, 2.75) is 71.3 Å². The molecule has 4 heteroatoms. The van der Waals surface area contributed by atoms with E-state index in [1.54, 1.807) is 0 Å². The number of hydrogen-bond acceptors (Lipinski definition) is 3. The van der Waals surface area contributed by atoms with Gasteiger partial charge in [0.25, 0.3) is 0 Å². The zero-order valence-electron chi connectivity index (χ0n) is 16.6. The lowest BCUT2D eigenvalue weighted by atomic mass is 9.41. The van der Waals surface area contributed by atoms with Crippen LogP contribution in [0.15, 0.2) is 22.8 Å². The summed E-state index contributed by atoms with van der Waals surface area (Å²) in [6.07, 6.45) is 9.33. The minimum atomic E-state index is -1.24. The van der Waals surface area contributed by atoms with E-state index in [2.05, 4.69) is 26.8 Å². The SMILES string of the molecule is C[C@@H]1CC2=CC(=O)CC[C@]2(C)[C@H]2CC[C@@]3(C)[C@@H](CC=C(Cl)C3(O)CC#N)[C@H]12. The highest BCUT2D eigenvalue weighted by molar-refractivity contribution is 6.30. The molecule has 0 bridgehead atoms. The fraction of sp³-hybridized carbons (Fsp3) is 0.739. The summed E-state index contributed by atoms with van der Waals surface area (Å²) in [5.74, 6) is 2.11. The fourth-order valence-electron chi connectivity index (χ4n) is 7.25. The lowest BCUT2D eigenvalue weighted by Gasteiger charge is -2.64. The normalized spacial score (nSPS) is 49.1. The molecule has 0 spiro atoms. The Hall–Kier alpha value is -1.11. The molecule has 27 heavy (non-hydrogen) atoms. The van der Waals surface area contributed by atoms with E-state index >= 15 is 0 Å². The van der Waals surface area contributed by atoms with Crippen LogP contribution >= 0.6 is 11.6 Å². The molecule has 0 aromatic heterocycles. The van der Waals surface area contributed by atoms with Crippen LogP contribution in [0.5, 0.6) is 0 Å². The summed E-state index contributed by atoms with van der Waals surface area (Å²) in [6.45, 7) is 6.84. The first-order chi connectivity index (χ1) is 12.7. The summed E-state index contributed by atoms with van der Waals surface area (Å²) in [4.78, 5) is 12.0. The third-order valence-corrected chi connectivity index (χ3v) is 9.39. The standard InChI is InChI=1S/C23H30ClNO2/c1-14-12-15-13-16(26)6-8-21(15,2)17-7-9-22(3)18(20(14)17)4-5-19(24)23(22,27)10-11-25/h5,13-14,17-18,20,27H,4,6-10,12H2,1-3H3/t14-,17+,18+,20-,21+,22+,23?/m1/s1. The Morgan fingerprint density at radius 3 is 2.78 bits per heavy atom. The van der Waals surface area contributed by atoms with Crippen molar-refractivity contribution >= 4 is 17.4 Å². The molecular formula is C23H30ClNO2. The van der Waals surface area contributed by atoms with Crippen molar-refractivity contribution in [2.24, 2.45) is 34.5 Å². The van der Waals surface area contributed by atoms with Gasteiger partial charge in [0.05, 0.1) is 12.5 Å². The van der Waals surface area contributed by atoms with Gasteiger partial charge in [-0.15, -0.1) is 0 Å². The monoisotopic (exact) mass is 387 g/mol. The molecule has 7 atom stereocenters. The molecule has 0 aliphatic heterocycles. The third kappa shape index (κ3) is 2.45. The molecule has 0 amide bonds. The largest absolute Gasteiger partial charge is 0.383 e. The molecule has 0 heterocycles. The number of halogens is 1. The summed E-state index contributed by atoms with van der Waals surface area (Å²) < 4.78 is 0. The highest BCUT2D eigenvalue weighted by Gasteiger charge is 2.63. The van der Waals surface area contributed by atoms with Crippen molar-refractivity contribution in [3.05, 3.63) is 22.8 Å². The maximum atomic E-state index is 12.0. The lowest BCUT2D eigenvalue weighted by Crippen LogP contribution is -2.61. The molecule has 0 saturated heterocycles. The van der Waals surface area contributed by atoms with E-state index in [1.807, 2.05) is 12.2 Å². The van der Waals surface area contributed by atoms with Gasteiger partial charge in [0.1, 0.15) is 5.60 Å². The zero-order valence-corrected chi connectivity index (χ0v) is 17.4. The number of carbonyl (C=O) groups excluding carboxylic acids is 1. The van der Waals surface area contributed by atoms with Crippen LogP contribution in [-0.4, -0.2) is 16.5 Å². The molecule has 146 valence electrons. The minimum absolute atomic E-state index is 0.0536. The van der Waals surface area contributed by atoms with Crippen LogP contribution in [0.4, 0.5) is 0 Å². The van der Waals surface area contributed by atoms with Crippen LogP contribution in [0.3, 0.4) is 0 Å². The summed E-state index contributed by atoms with van der Waals surface area (Å²) in [5.41, 5.74) is -0.152. The van der Waals surface area contributed by atoms with Crippen molar-refractivity contribution in [3.8, 4) is 6.07 Å². The van der Waals surface area contributed by atoms with Crippen LogP contribution in [-0.2, 0) is 4.79 Å². The van der Waals surface area contributed by atoms with Crippen LogP contribution in [0.25, 0.3) is 0 Å². The second-order valence-electron chi connectivity index (χ2n) is 9.96. The van der Waals surface area contributed by atoms with Gasteiger partial charge in [-0.1, -0.05) is 44.0 Å². The lowest BCUT2D eigenvalue weighted by molar-refractivity contribution is -0.159. The van der Waals surface area contributed by atoms with Crippen LogP contribution in [0.1, 0.15) is 65.7 Å². The second-order valence-corrected chi connectivity index (χ2v) is 10.4. The number of ketones is 1. The Labute approximate surface area is 167 Å². The minimum Gasteiger partial charge on any atom is -0.383 e. The molecule has 4 aliphatic carbocycles. The van der Waals surface area contributed by atoms with E-state index in [-0.39, 0.29) is 23.0 Å². The number of fused-ring (bicyclic) bond motifs is 5. The zero-order chi connectivity index (χ0) is 19.6. The molecule has 0 radical (unpaired) electrons. The number of rotatable bonds is 1. The van der Waals surface area contributed by atoms with Crippen LogP contribution < -0.4 is 0 Å². The predicted molar refractivity (Wildman–Crippen MR) is 106 cm³/mol. The number of allylic oxidation sites excluding steroid dienone is 3. The molecule has 4 rings (SSSR count). The Balaban J connectivity index is 1.78. The molecule has 0 aromatic rings. The molecule has 1 N–H and O–H groups in total. The van der Waals surface area contributed by atoms with E-state index < -0.39 is 5.60 Å². The average Bonchev–Trinajstić information content (AvgIpc) is 2.61. The van der Waals surface area contributed by atoms with Crippen molar-refractivity contribution in [1.82, 2.24) is 0 Å². The number of aliphatic hydroxyl groups is 1. The molecule has 1 unspecified atom stereocenters. The first kappa shape index (κ1) is 19.2. The first-order valence-electron chi connectivity index (χ1n) is 10.4. The van der Waals surface area contributed by atoms with Gasteiger partial charge in [-0.3, -0.25) is 4.79 Å². The Morgan fingerprint density at radius 2 is 2.07 bits per heavy atom. The van der Waals surface area contributed by atoms with Gasteiger partial charge < -0.3 is 5.11 Å². The van der Waals surface area contributed by atoms with Gasteiger partial charge in [-0.2, -0.15) is 5.26 Å². The fourth-order valence-corrected chi connectivity index (χ4v) is 7.62. The Morgan fingerprint density at radius 1 is 1.33 bits per heavy atom. The van der Waals surface area contributed by atoms with E-state index in [0.29, 0.717) is 35.1 Å². The van der Waals surface area contributed by atoms with Crippen molar-refractivity contribution in [3.63, 3.8) is 0 Å². The number of nitriles is 1. The van der Waals surface area contributed by atoms with E-state index in [4.69, 9.17) is 11.6 Å². The van der Waals surface area contributed by atoms with Crippen LogP contribution in [0.2, 0.25) is 0 Å². The first-order valence-corrected chi connectivity index (χ1v) is 10.7. The molecule has 0 aromatic carbocycles. The van der Waals surface area contributed by atoms with Gasteiger partial charge in [0.2, 0.25) is 0 Å². The molecule has 2 fully saturated rings. The van der Waals surface area contributed by atoms with Gasteiger partial charge in [0.15, 0.2) is 5.78 Å². The summed E-state index contributed by atoms with van der Waals surface area (Å²) in [6, 6.07) is 2.19. The Kier molecular flexibility index (Phi) is 4.41. The molecular weight excluding hydrogens is 358 g/mol. The van der Waals surface area contributed by atoms with E-state index in [0.717, 1.165) is 32.1 Å². The highest BCUT2D eigenvalue weighted by atomic mass is 35.5. The van der Waals surface area contributed by atoms with E-state index in [9.17, 15) is 15.2 Å². The van der Waals surface area contributed by atoms with Crippen molar-refractivity contribution < 1.29 is 9.90 Å². The smallest absolute Gasteiger partial charge is 0.155 e. The van der Waals surface area contributed by atoms with Gasteiger partial charge >= 0.3 is 0 Å².